The standard InChI is InChI=1S/C17H19BrClNO/c18-13-10-14(20-8-6-17(4-5-17)7-9-20)15(16(19)21)12-3-1-2-11(12)13/h10H,1-9H2. The minimum absolute atomic E-state index is 0.289. The van der Waals surface area contributed by atoms with Gasteiger partial charge >= 0.3 is 0 Å². The molecule has 0 bridgehead atoms. The fraction of sp³-hybridized carbons (Fsp3) is 0.588. The first kappa shape index (κ1) is 14.1. The van der Waals surface area contributed by atoms with E-state index >= 15 is 0 Å². The minimum Gasteiger partial charge on any atom is -0.371 e. The molecule has 0 unspecified atom stereocenters. The van der Waals surface area contributed by atoms with Crippen LogP contribution in [0, 0.1) is 5.41 Å². The van der Waals surface area contributed by atoms with Gasteiger partial charge in [0.05, 0.1) is 11.3 Å². The lowest BCUT2D eigenvalue weighted by molar-refractivity contribution is 0.108. The summed E-state index contributed by atoms with van der Waals surface area (Å²) >= 11 is 9.65. The lowest BCUT2D eigenvalue weighted by Gasteiger charge is -2.35. The van der Waals surface area contributed by atoms with Crippen molar-refractivity contribution in [2.75, 3.05) is 18.0 Å². The first-order valence-electron chi connectivity index (χ1n) is 7.89. The van der Waals surface area contributed by atoms with E-state index < -0.39 is 0 Å². The van der Waals surface area contributed by atoms with Crippen LogP contribution in [0.5, 0.6) is 0 Å². The number of nitrogens with zero attached hydrogens (tertiary/aromatic N) is 1. The van der Waals surface area contributed by atoms with Crippen LogP contribution in [0.25, 0.3) is 0 Å². The lowest BCUT2D eigenvalue weighted by atomic mass is 9.92. The van der Waals surface area contributed by atoms with Crippen molar-refractivity contribution in [1.29, 1.82) is 0 Å². The first-order chi connectivity index (χ1) is 10.1. The summed E-state index contributed by atoms with van der Waals surface area (Å²) in [5.41, 5.74) is 4.96. The minimum atomic E-state index is -0.289. The monoisotopic (exact) mass is 367 g/mol. The molecule has 1 heterocycles. The van der Waals surface area contributed by atoms with Gasteiger partial charge in [-0.15, -0.1) is 0 Å². The van der Waals surface area contributed by atoms with Crippen molar-refractivity contribution in [1.82, 2.24) is 0 Å². The summed E-state index contributed by atoms with van der Waals surface area (Å²) in [6, 6.07) is 2.13. The van der Waals surface area contributed by atoms with Gasteiger partial charge in [0.2, 0.25) is 0 Å². The van der Waals surface area contributed by atoms with Crippen LogP contribution in [-0.2, 0) is 12.8 Å². The van der Waals surface area contributed by atoms with Crippen molar-refractivity contribution in [3.63, 3.8) is 0 Å². The van der Waals surface area contributed by atoms with Gasteiger partial charge in [-0.3, -0.25) is 4.79 Å². The van der Waals surface area contributed by atoms with Crippen LogP contribution in [0.2, 0.25) is 0 Å². The van der Waals surface area contributed by atoms with Crippen LogP contribution in [0.15, 0.2) is 10.5 Å². The largest absolute Gasteiger partial charge is 0.371 e. The summed E-state index contributed by atoms with van der Waals surface area (Å²) in [5, 5.41) is -0.289. The third kappa shape index (κ3) is 2.33. The van der Waals surface area contributed by atoms with Crippen molar-refractivity contribution < 1.29 is 4.79 Å². The van der Waals surface area contributed by atoms with E-state index in [0.717, 1.165) is 48.1 Å². The van der Waals surface area contributed by atoms with E-state index in [2.05, 4.69) is 26.9 Å². The molecule has 0 aromatic heterocycles. The molecule has 112 valence electrons. The number of halogens is 2. The molecule has 1 aromatic rings. The maximum Gasteiger partial charge on any atom is 0.254 e. The summed E-state index contributed by atoms with van der Waals surface area (Å²) < 4.78 is 1.15. The Bertz CT molecular complexity index is 614. The Morgan fingerprint density at radius 1 is 1.14 bits per heavy atom. The smallest absolute Gasteiger partial charge is 0.254 e. The molecule has 3 aliphatic rings. The highest BCUT2D eigenvalue weighted by Gasteiger charge is 2.44. The molecule has 4 rings (SSSR count). The third-order valence-electron chi connectivity index (χ3n) is 5.65. The van der Waals surface area contributed by atoms with Crippen LogP contribution >= 0.6 is 27.5 Å². The number of hydrogen-bond acceptors (Lipinski definition) is 2. The molecule has 1 saturated carbocycles. The molecule has 2 fully saturated rings. The van der Waals surface area contributed by atoms with Gasteiger partial charge in [0, 0.05) is 17.6 Å². The number of rotatable bonds is 2. The second-order valence-corrected chi connectivity index (χ2v) is 8.02. The zero-order chi connectivity index (χ0) is 14.6. The Morgan fingerprint density at radius 2 is 1.81 bits per heavy atom. The van der Waals surface area contributed by atoms with Crippen LogP contribution < -0.4 is 4.90 Å². The predicted octanol–water partition coefficient (Wildman–Crippen LogP) is 4.70. The predicted molar refractivity (Wildman–Crippen MR) is 89.5 cm³/mol. The molecule has 0 radical (unpaired) electrons. The summed E-state index contributed by atoms with van der Waals surface area (Å²) in [4.78, 5) is 14.4. The molecular formula is C17H19BrClNO. The molecule has 0 atom stereocenters. The topological polar surface area (TPSA) is 20.3 Å². The van der Waals surface area contributed by atoms with Gasteiger partial charge in [-0.05, 0) is 79.2 Å². The van der Waals surface area contributed by atoms with Gasteiger partial charge in [-0.2, -0.15) is 0 Å². The number of piperidine rings is 1. The fourth-order valence-electron chi connectivity index (χ4n) is 4.08. The van der Waals surface area contributed by atoms with E-state index in [1.54, 1.807) is 0 Å². The Kier molecular flexibility index (Phi) is 3.34. The van der Waals surface area contributed by atoms with E-state index in [-0.39, 0.29) is 5.24 Å². The number of benzene rings is 1. The molecule has 1 aliphatic heterocycles. The Labute approximate surface area is 139 Å². The van der Waals surface area contributed by atoms with Crippen molar-refractivity contribution in [3.05, 3.63) is 27.2 Å². The maximum atomic E-state index is 12.0. The molecule has 1 saturated heterocycles. The highest BCUT2D eigenvalue weighted by molar-refractivity contribution is 9.10. The number of hydrogen-bond donors (Lipinski definition) is 0. The molecule has 2 aliphatic carbocycles. The first-order valence-corrected chi connectivity index (χ1v) is 9.06. The van der Waals surface area contributed by atoms with Crippen LogP contribution in [0.1, 0.15) is 53.6 Å². The molecule has 2 nitrogen and oxygen atoms in total. The van der Waals surface area contributed by atoms with Gasteiger partial charge in [0.15, 0.2) is 0 Å². The summed E-state index contributed by atoms with van der Waals surface area (Å²) in [6.07, 6.45) is 8.47. The van der Waals surface area contributed by atoms with E-state index in [4.69, 9.17) is 11.6 Å². The zero-order valence-corrected chi connectivity index (χ0v) is 14.4. The van der Waals surface area contributed by atoms with Gasteiger partial charge in [-0.25, -0.2) is 0 Å². The van der Waals surface area contributed by atoms with Gasteiger partial charge in [0.25, 0.3) is 5.24 Å². The molecule has 21 heavy (non-hydrogen) atoms. The van der Waals surface area contributed by atoms with Crippen LogP contribution in [0.3, 0.4) is 0 Å². The SMILES string of the molecule is O=C(Cl)c1c(N2CCC3(CC2)CC3)cc(Br)c2c1CCC2. The maximum absolute atomic E-state index is 12.0. The van der Waals surface area contributed by atoms with Crippen molar-refractivity contribution in [2.24, 2.45) is 5.41 Å². The average Bonchev–Trinajstić information content (AvgIpc) is 3.02. The summed E-state index contributed by atoms with van der Waals surface area (Å²) in [6.45, 7) is 2.12. The van der Waals surface area contributed by atoms with Crippen molar-refractivity contribution in [3.8, 4) is 0 Å². The highest BCUT2D eigenvalue weighted by atomic mass is 79.9. The van der Waals surface area contributed by atoms with Gasteiger partial charge in [-0.1, -0.05) is 15.9 Å². The Hall–Kier alpha value is -0.540. The molecular weight excluding hydrogens is 350 g/mol. The third-order valence-corrected chi connectivity index (χ3v) is 6.54. The normalized spacial score (nSPS) is 22.5. The molecule has 1 spiro atoms. The highest BCUT2D eigenvalue weighted by Crippen LogP contribution is 2.54. The van der Waals surface area contributed by atoms with Crippen molar-refractivity contribution in [2.45, 2.75) is 44.9 Å². The van der Waals surface area contributed by atoms with Gasteiger partial charge in [0.1, 0.15) is 0 Å². The van der Waals surface area contributed by atoms with Crippen molar-refractivity contribution >= 4 is 38.5 Å². The molecule has 0 N–H and O–H groups in total. The quantitative estimate of drug-likeness (QED) is 0.705. The fourth-order valence-corrected chi connectivity index (χ4v) is 4.95. The van der Waals surface area contributed by atoms with E-state index in [1.165, 1.54) is 36.8 Å². The number of anilines is 1. The second-order valence-electron chi connectivity index (χ2n) is 6.82. The van der Waals surface area contributed by atoms with Crippen LogP contribution in [-0.4, -0.2) is 18.3 Å². The summed E-state index contributed by atoms with van der Waals surface area (Å²) in [5.74, 6) is 0. The Balaban J connectivity index is 1.74. The zero-order valence-electron chi connectivity index (χ0n) is 12.1. The Morgan fingerprint density at radius 3 is 2.43 bits per heavy atom. The molecule has 4 heteroatoms. The lowest BCUT2D eigenvalue weighted by Crippen LogP contribution is -2.35. The molecule has 1 aromatic carbocycles. The number of carbonyl (C=O) groups is 1. The average molecular weight is 369 g/mol. The number of fused-ring (bicyclic) bond motifs is 1. The van der Waals surface area contributed by atoms with Crippen LogP contribution in [0.4, 0.5) is 5.69 Å². The van der Waals surface area contributed by atoms with E-state index in [0.29, 0.717) is 5.41 Å². The number of carbonyl (C=O) groups excluding carboxylic acids is 1. The second kappa shape index (κ2) is 4.99. The van der Waals surface area contributed by atoms with E-state index in [9.17, 15) is 4.79 Å². The van der Waals surface area contributed by atoms with Gasteiger partial charge < -0.3 is 4.90 Å². The summed E-state index contributed by atoms with van der Waals surface area (Å²) in [7, 11) is 0. The molecule has 0 amide bonds. The van der Waals surface area contributed by atoms with E-state index in [1.807, 2.05) is 0 Å².